The number of Topliss-reactive ketones (excluding diaryl/α,β-unsaturated/α-hetero) is 1. The largest absolute Gasteiger partial charge is 0.393 e. The molecule has 3 N–H and O–H groups in total. The van der Waals surface area contributed by atoms with Gasteiger partial charge in [0.05, 0.1) is 24.4 Å². The van der Waals surface area contributed by atoms with Crippen LogP contribution in [0.2, 0.25) is 5.02 Å². The number of fused-ring (bicyclic) bond motifs is 1. The highest BCUT2D eigenvalue weighted by Crippen LogP contribution is 2.78. The average molecular weight is 683 g/mol. The molecule has 262 valence electrons. The smallest absolute Gasteiger partial charge is 0.317 e. The van der Waals surface area contributed by atoms with Gasteiger partial charge in [0, 0.05) is 58.0 Å². The lowest BCUT2D eigenvalue weighted by atomic mass is 9.32. The number of ketones is 1. The quantitative estimate of drug-likeness (QED) is 0.263. The normalized spacial score (nSPS) is 41.1. The number of hydrogen-bond donors (Lipinski definition) is 3. The van der Waals surface area contributed by atoms with Crippen LogP contribution in [-0.4, -0.2) is 70.5 Å². The molecule has 2 spiro atoms. The molecule has 1 aliphatic heterocycles. The summed E-state index contributed by atoms with van der Waals surface area (Å²) >= 11 is 6.45. The fraction of sp³-hybridized carbons (Fsp3) is 0.692. The van der Waals surface area contributed by atoms with Crippen LogP contribution in [-0.2, 0) is 16.0 Å². The monoisotopic (exact) mass is 682 g/mol. The van der Waals surface area contributed by atoms with Crippen molar-refractivity contribution in [1.82, 2.24) is 10.2 Å². The number of aliphatic hydroxyl groups excluding tert-OH is 1. The summed E-state index contributed by atoms with van der Waals surface area (Å²) in [6.45, 7) is 9.69. The fourth-order valence-electron chi connectivity index (χ4n) is 11.5. The minimum atomic E-state index is -1.18. The van der Waals surface area contributed by atoms with Gasteiger partial charge in [-0.2, -0.15) is 0 Å². The Balaban J connectivity index is 1.29. The summed E-state index contributed by atoms with van der Waals surface area (Å²) in [7, 11) is 0. The molecule has 2 bridgehead atoms. The van der Waals surface area contributed by atoms with Crippen LogP contribution in [0.15, 0.2) is 42.0 Å². The fourth-order valence-corrected chi connectivity index (χ4v) is 11.8. The van der Waals surface area contributed by atoms with Gasteiger partial charge in [-0.05, 0) is 101 Å². The first-order valence-electron chi connectivity index (χ1n) is 18.2. The number of urea groups is 1. The van der Waals surface area contributed by atoms with Gasteiger partial charge >= 0.3 is 6.03 Å². The molecule has 4 fully saturated rings. The van der Waals surface area contributed by atoms with Gasteiger partial charge in [0.1, 0.15) is 5.82 Å². The van der Waals surface area contributed by atoms with Crippen LogP contribution in [0.25, 0.3) is 0 Å². The predicted molar refractivity (Wildman–Crippen MR) is 183 cm³/mol. The van der Waals surface area contributed by atoms with Gasteiger partial charge in [-0.3, -0.25) is 4.79 Å². The zero-order valence-corrected chi connectivity index (χ0v) is 29.6. The zero-order chi connectivity index (χ0) is 34.3. The third-order valence-corrected chi connectivity index (χ3v) is 14.4. The predicted octanol–water partition coefficient (Wildman–Crippen LogP) is 6.78. The summed E-state index contributed by atoms with van der Waals surface area (Å²) in [5.74, 6) is -0.590. The van der Waals surface area contributed by atoms with Crippen LogP contribution in [0.1, 0.15) is 91.0 Å². The van der Waals surface area contributed by atoms with E-state index in [-0.39, 0.29) is 64.8 Å². The first kappa shape index (κ1) is 34.2. The molecule has 1 heterocycles. The summed E-state index contributed by atoms with van der Waals surface area (Å²) in [5, 5.41) is 27.1. The number of amides is 2. The van der Waals surface area contributed by atoms with Crippen molar-refractivity contribution in [2.75, 3.05) is 19.7 Å². The van der Waals surface area contributed by atoms with Gasteiger partial charge in [-0.1, -0.05) is 49.7 Å². The average Bonchev–Trinajstić information content (AvgIpc) is 3.63. The highest BCUT2D eigenvalue weighted by Gasteiger charge is 2.74. The topological polar surface area (TPSA) is 99.1 Å². The number of hydrogen-bond acceptors (Lipinski definition) is 5. The molecule has 2 amide bonds. The standard InChI is InChI=1S/C39H52ClFN2O5/c1-24(2)42-34(46)43(22-26-7-6-18-48-26)23-38(47)15-12-33-36(38,4)14-11-32-35(3)13-10-25(44)20-37(35)16-17-39(32,33)28(21-37)31(45)19-27-29(40)8-5-9-30(27)41/h5,8-9,16-17,21,24-26,32-33,44,47H,6-7,10-15,18-20,22-23H2,1-4H3,(H,42,46). The molecule has 1 saturated heterocycles. The molecule has 0 aromatic heterocycles. The molecule has 8 rings (SSSR count). The molecule has 6 aliphatic carbocycles. The van der Waals surface area contributed by atoms with Crippen molar-refractivity contribution >= 4 is 23.4 Å². The van der Waals surface area contributed by atoms with Crippen LogP contribution in [0.4, 0.5) is 9.18 Å². The third kappa shape index (κ3) is 4.97. The minimum Gasteiger partial charge on any atom is -0.393 e. The molecule has 0 radical (unpaired) electrons. The lowest BCUT2D eigenvalue weighted by Gasteiger charge is -2.71. The first-order chi connectivity index (χ1) is 22.7. The number of aliphatic hydroxyl groups is 2. The van der Waals surface area contributed by atoms with E-state index < -0.39 is 33.8 Å². The number of rotatable bonds is 8. The van der Waals surface area contributed by atoms with E-state index in [1.54, 1.807) is 17.0 Å². The van der Waals surface area contributed by atoms with E-state index in [1.165, 1.54) is 6.07 Å². The van der Waals surface area contributed by atoms with Gasteiger partial charge in [-0.15, -0.1) is 0 Å². The van der Waals surface area contributed by atoms with Crippen LogP contribution in [0.5, 0.6) is 0 Å². The van der Waals surface area contributed by atoms with Crippen LogP contribution in [0.3, 0.4) is 0 Å². The van der Waals surface area contributed by atoms with Crippen LogP contribution >= 0.6 is 11.6 Å². The Labute approximate surface area is 289 Å². The number of carbonyl (C=O) groups is 2. The number of halogens is 2. The van der Waals surface area contributed by atoms with Crippen molar-refractivity contribution in [3.63, 3.8) is 0 Å². The highest BCUT2D eigenvalue weighted by atomic mass is 35.5. The minimum absolute atomic E-state index is 0.0494. The molecular weight excluding hydrogens is 631 g/mol. The zero-order valence-electron chi connectivity index (χ0n) is 28.9. The van der Waals surface area contributed by atoms with Gasteiger partial charge < -0.3 is 25.2 Å². The first-order valence-corrected chi connectivity index (χ1v) is 18.5. The van der Waals surface area contributed by atoms with E-state index in [4.69, 9.17) is 16.3 Å². The van der Waals surface area contributed by atoms with E-state index in [2.05, 4.69) is 37.4 Å². The molecule has 9 heteroatoms. The molecular formula is C39H52ClFN2O5. The molecule has 9 unspecified atom stereocenters. The highest BCUT2D eigenvalue weighted by molar-refractivity contribution is 6.31. The maximum Gasteiger partial charge on any atom is 0.317 e. The molecule has 9 atom stereocenters. The van der Waals surface area contributed by atoms with Gasteiger partial charge in [0.2, 0.25) is 0 Å². The maximum atomic E-state index is 15.1. The van der Waals surface area contributed by atoms with E-state index in [9.17, 15) is 19.8 Å². The summed E-state index contributed by atoms with van der Waals surface area (Å²) in [6, 6.07) is 4.27. The van der Waals surface area contributed by atoms with Gasteiger partial charge in [0.25, 0.3) is 0 Å². The second-order valence-corrected chi connectivity index (χ2v) is 17.1. The van der Waals surface area contributed by atoms with Crippen molar-refractivity contribution in [1.29, 1.82) is 0 Å². The molecule has 7 nitrogen and oxygen atoms in total. The van der Waals surface area contributed by atoms with Crippen LogP contribution in [0, 0.1) is 39.3 Å². The maximum absolute atomic E-state index is 15.1. The lowest BCUT2D eigenvalue weighted by molar-refractivity contribution is -0.178. The van der Waals surface area contributed by atoms with Crippen molar-refractivity contribution < 1.29 is 28.9 Å². The van der Waals surface area contributed by atoms with Gasteiger partial charge in [-0.25, -0.2) is 9.18 Å². The Morgan fingerprint density at radius 3 is 2.52 bits per heavy atom. The van der Waals surface area contributed by atoms with Crippen molar-refractivity contribution in [2.24, 2.45) is 33.5 Å². The molecule has 48 heavy (non-hydrogen) atoms. The van der Waals surface area contributed by atoms with E-state index in [0.717, 1.165) is 38.5 Å². The summed E-state index contributed by atoms with van der Waals surface area (Å²) in [6.07, 6.45) is 12.8. The van der Waals surface area contributed by atoms with E-state index >= 15 is 4.39 Å². The number of carbonyl (C=O) groups excluding carboxylic acids is 2. The number of nitrogens with zero attached hydrogens (tertiary/aromatic N) is 1. The number of nitrogens with one attached hydrogen (secondary N) is 1. The van der Waals surface area contributed by atoms with Crippen molar-refractivity contribution in [3.8, 4) is 0 Å². The van der Waals surface area contributed by atoms with Crippen LogP contribution < -0.4 is 5.32 Å². The summed E-state index contributed by atoms with van der Waals surface area (Å²) in [5.41, 5.74) is -2.20. The Morgan fingerprint density at radius 2 is 1.81 bits per heavy atom. The molecule has 3 saturated carbocycles. The van der Waals surface area contributed by atoms with E-state index in [0.29, 0.717) is 38.0 Å². The van der Waals surface area contributed by atoms with Gasteiger partial charge in [0.15, 0.2) is 5.78 Å². The lowest BCUT2D eigenvalue weighted by Crippen LogP contribution is -2.67. The van der Waals surface area contributed by atoms with Crippen molar-refractivity contribution in [2.45, 2.75) is 116 Å². The summed E-state index contributed by atoms with van der Waals surface area (Å²) in [4.78, 5) is 30.0. The Morgan fingerprint density at radius 1 is 1.08 bits per heavy atom. The molecule has 1 aromatic carbocycles. The van der Waals surface area contributed by atoms with Crippen molar-refractivity contribution in [3.05, 3.63) is 58.4 Å². The molecule has 7 aliphatic rings. The third-order valence-electron chi connectivity index (χ3n) is 14.0. The Hall–Kier alpha value is -2.26. The Bertz CT molecular complexity index is 1520. The summed E-state index contributed by atoms with van der Waals surface area (Å²) < 4.78 is 21.0. The second-order valence-electron chi connectivity index (χ2n) is 16.7. The SMILES string of the molecule is CC(C)NC(=O)N(CC1CCCO1)CC1(O)CCC2C34C=CC5(C=C3C(=O)Cc3c(F)cccc3Cl)CC(O)CCC5(C)C4CCC21C. The second kappa shape index (κ2) is 11.9. The van der Waals surface area contributed by atoms with E-state index in [1.807, 2.05) is 13.8 Å². The number of allylic oxidation sites excluding steroid dienone is 4. The Kier molecular flexibility index (Phi) is 8.49. The molecule has 1 aromatic rings. The number of ether oxygens (including phenoxy) is 1. The number of benzene rings is 1.